The Labute approximate surface area is 109 Å². The minimum atomic E-state index is -0.596. The highest BCUT2D eigenvalue weighted by molar-refractivity contribution is 9.10. The maximum Gasteiger partial charge on any atom is 0.231 e. The van der Waals surface area contributed by atoms with Gasteiger partial charge in [0.15, 0.2) is 0 Å². The van der Waals surface area contributed by atoms with Crippen molar-refractivity contribution in [1.29, 1.82) is 0 Å². The quantitative estimate of drug-likeness (QED) is 0.898. The van der Waals surface area contributed by atoms with E-state index >= 15 is 0 Å². The summed E-state index contributed by atoms with van der Waals surface area (Å²) in [6.07, 6.45) is 0.650. The van der Waals surface area contributed by atoms with Gasteiger partial charge in [0.25, 0.3) is 0 Å². The standard InChI is InChI=1S/C12H16BrFN2O/c1-3-12(2,7-15)11(17)16-8-4-5-10(14)9(13)6-8/h4-6H,3,7,15H2,1-2H3,(H,16,17). The Morgan fingerprint density at radius 1 is 1.59 bits per heavy atom. The van der Waals surface area contributed by atoms with E-state index < -0.39 is 5.41 Å². The summed E-state index contributed by atoms with van der Waals surface area (Å²) in [5, 5.41) is 2.74. The molecular formula is C12H16BrFN2O. The minimum Gasteiger partial charge on any atom is -0.329 e. The van der Waals surface area contributed by atoms with Crippen LogP contribution in [0.2, 0.25) is 0 Å². The molecule has 0 aliphatic rings. The molecule has 0 spiro atoms. The fourth-order valence-electron chi connectivity index (χ4n) is 1.25. The predicted molar refractivity (Wildman–Crippen MR) is 70.2 cm³/mol. The molecule has 3 N–H and O–H groups in total. The Kier molecular flexibility index (Phi) is 4.65. The van der Waals surface area contributed by atoms with Crippen molar-refractivity contribution in [1.82, 2.24) is 0 Å². The van der Waals surface area contributed by atoms with Gasteiger partial charge < -0.3 is 11.1 Å². The van der Waals surface area contributed by atoms with E-state index in [2.05, 4.69) is 21.2 Å². The van der Waals surface area contributed by atoms with Gasteiger partial charge in [-0.05, 0) is 47.5 Å². The highest BCUT2D eigenvalue weighted by Crippen LogP contribution is 2.24. The van der Waals surface area contributed by atoms with Crippen molar-refractivity contribution in [3.8, 4) is 0 Å². The topological polar surface area (TPSA) is 55.1 Å². The van der Waals surface area contributed by atoms with Gasteiger partial charge in [0, 0.05) is 12.2 Å². The molecule has 94 valence electrons. The second kappa shape index (κ2) is 5.60. The smallest absolute Gasteiger partial charge is 0.231 e. The van der Waals surface area contributed by atoms with Crippen LogP contribution in [0.3, 0.4) is 0 Å². The fraction of sp³-hybridized carbons (Fsp3) is 0.417. The summed E-state index contributed by atoms with van der Waals surface area (Å²) < 4.78 is 13.3. The Morgan fingerprint density at radius 2 is 2.24 bits per heavy atom. The first-order valence-electron chi connectivity index (χ1n) is 5.39. The molecule has 1 atom stereocenters. The first kappa shape index (κ1) is 14.1. The number of nitrogens with one attached hydrogen (secondary N) is 1. The number of benzene rings is 1. The molecule has 0 radical (unpaired) electrons. The molecule has 1 amide bonds. The number of hydrogen-bond donors (Lipinski definition) is 2. The number of nitrogens with two attached hydrogens (primary N) is 1. The van der Waals surface area contributed by atoms with E-state index in [9.17, 15) is 9.18 Å². The summed E-state index contributed by atoms with van der Waals surface area (Å²) in [7, 11) is 0. The van der Waals surface area contributed by atoms with Gasteiger partial charge >= 0.3 is 0 Å². The largest absolute Gasteiger partial charge is 0.329 e. The molecule has 3 nitrogen and oxygen atoms in total. The fourth-order valence-corrected chi connectivity index (χ4v) is 1.63. The molecule has 0 aliphatic heterocycles. The van der Waals surface area contributed by atoms with E-state index in [1.807, 2.05) is 6.92 Å². The third-order valence-corrected chi connectivity index (χ3v) is 3.56. The van der Waals surface area contributed by atoms with Gasteiger partial charge in [-0.3, -0.25) is 4.79 Å². The molecular weight excluding hydrogens is 287 g/mol. The number of anilines is 1. The Balaban J connectivity index is 2.84. The molecule has 0 aliphatic carbocycles. The molecule has 1 rings (SSSR count). The third kappa shape index (κ3) is 3.26. The molecule has 0 heterocycles. The zero-order chi connectivity index (χ0) is 13.1. The van der Waals surface area contributed by atoms with Crippen molar-refractivity contribution in [2.75, 3.05) is 11.9 Å². The second-order valence-corrected chi connectivity index (χ2v) is 5.06. The Bertz CT molecular complexity index is 419. The highest BCUT2D eigenvalue weighted by atomic mass is 79.9. The SMILES string of the molecule is CCC(C)(CN)C(=O)Nc1ccc(F)c(Br)c1. The van der Waals surface area contributed by atoms with E-state index in [1.54, 1.807) is 6.92 Å². The summed E-state index contributed by atoms with van der Waals surface area (Å²) in [6.45, 7) is 3.99. The number of amides is 1. The van der Waals surface area contributed by atoms with Crippen molar-refractivity contribution >= 4 is 27.5 Å². The van der Waals surface area contributed by atoms with E-state index in [-0.39, 0.29) is 18.3 Å². The minimum absolute atomic E-state index is 0.152. The lowest BCUT2D eigenvalue weighted by molar-refractivity contribution is -0.124. The zero-order valence-electron chi connectivity index (χ0n) is 9.89. The molecule has 0 saturated heterocycles. The molecule has 0 aromatic heterocycles. The van der Waals surface area contributed by atoms with Gasteiger partial charge in [-0.1, -0.05) is 6.92 Å². The average Bonchev–Trinajstić information content (AvgIpc) is 2.32. The van der Waals surface area contributed by atoms with Crippen molar-refractivity contribution < 1.29 is 9.18 Å². The summed E-state index contributed by atoms with van der Waals surface area (Å²) in [4.78, 5) is 12.0. The lowest BCUT2D eigenvalue weighted by Gasteiger charge is -2.25. The second-order valence-electron chi connectivity index (χ2n) is 4.20. The summed E-state index contributed by atoms with van der Waals surface area (Å²) in [6, 6.07) is 4.34. The number of carbonyl (C=O) groups excluding carboxylic acids is 1. The van der Waals surface area contributed by atoms with Gasteiger partial charge in [-0.15, -0.1) is 0 Å². The molecule has 0 fully saturated rings. The summed E-state index contributed by atoms with van der Waals surface area (Å²) in [5.41, 5.74) is 5.55. The van der Waals surface area contributed by atoms with Crippen LogP contribution in [0.15, 0.2) is 22.7 Å². The van der Waals surface area contributed by atoms with Crippen LogP contribution >= 0.6 is 15.9 Å². The highest BCUT2D eigenvalue weighted by Gasteiger charge is 2.29. The molecule has 1 unspecified atom stereocenters. The Morgan fingerprint density at radius 3 is 2.71 bits per heavy atom. The van der Waals surface area contributed by atoms with Crippen LogP contribution in [-0.4, -0.2) is 12.5 Å². The lowest BCUT2D eigenvalue weighted by Crippen LogP contribution is -2.39. The van der Waals surface area contributed by atoms with Crippen LogP contribution in [0, 0.1) is 11.2 Å². The van der Waals surface area contributed by atoms with Crippen LogP contribution in [0.4, 0.5) is 10.1 Å². The van der Waals surface area contributed by atoms with Gasteiger partial charge in [0.05, 0.1) is 9.89 Å². The average molecular weight is 303 g/mol. The predicted octanol–water partition coefficient (Wildman–Crippen LogP) is 2.90. The van der Waals surface area contributed by atoms with Gasteiger partial charge in [-0.2, -0.15) is 0 Å². The molecule has 0 bridgehead atoms. The van der Waals surface area contributed by atoms with Crippen LogP contribution in [0.5, 0.6) is 0 Å². The zero-order valence-corrected chi connectivity index (χ0v) is 11.5. The third-order valence-electron chi connectivity index (χ3n) is 2.96. The van der Waals surface area contributed by atoms with Crippen LogP contribution in [0.25, 0.3) is 0 Å². The first-order valence-corrected chi connectivity index (χ1v) is 6.19. The molecule has 17 heavy (non-hydrogen) atoms. The van der Waals surface area contributed by atoms with Crippen LogP contribution in [-0.2, 0) is 4.79 Å². The number of hydrogen-bond acceptors (Lipinski definition) is 2. The van der Waals surface area contributed by atoms with E-state index in [0.29, 0.717) is 16.6 Å². The van der Waals surface area contributed by atoms with Crippen LogP contribution in [0.1, 0.15) is 20.3 Å². The van der Waals surface area contributed by atoms with Gasteiger partial charge in [-0.25, -0.2) is 4.39 Å². The maximum atomic E-state index is 13.0. The van der Waals surface area contributed by atoms with Crippen molar-refractivity contribution in [2.24, 2.45) is 11.1 Å². The van der Waals surface area contributed by atoms with E-state index in [4.69, 9.17) is 5.73 Å². The molecule has 1 aromatic carbocycles. The normalized spacial score (nSPS) is 14.2. The van der Waals surface area contributed by atoms with Gasteiger partial charge in [0.1, 0.15) is 5.82 Å². The summed E-state index contributed by atoms with van der Waals surface area (Å²) in [5.74, 6) is -0.513. The van der Waals surface area contributed by atoms with E-state index in [1.165, 1.54) is 18.2 Å². The molecule has 1 aromatic rings. The van der Waals surface area contributed by atoms with Crippen molar-refractivity contribution in [3.05, 3.63) is 28.5 Å². The number of rotatable bonds is 4. The van der Waals surface area contributed by atoms with E-state index in [0.717, 1.165) is 0 Å². The number of carbonyl (C=O) groups is 1. The van der Waals surface area contributed by atoms with Crippen molar-refractivity contribution in [3.63, 3.8) is 0 Å². The first-order chi connectivity index (χ1) is 7.92. The summed E-state index contributed by atoms with van der Waals surface area (Å²) >= 11 is 3.07. The Hall–Kier alpha value is -0.940. The maximum absolute atomic E-state index is 13.0. The monoisotopic (exact) mass is 302 g/mol. The number of halogens is 2. The van der Waals surface area contributed by atoms with Crippen LogP contribution < -0.4 is 11.1 Å². The van der Waals surface area contributed by atoms with Gasteiger partial charge in [0.2, 0.25) is 5.91 Å². The molecule has 0 saturated carbocycles. The lowest BCUT2D eigenvalue weighted by atomic mass is 9.86. The van der Waals surface area contributed by atoms with Crippen molar-refractivity contribution in [2.45, 2.75) is 20.3 Å². The molecule has 5 heteroatoms.